The van der Waals surface area contributed by atoms with Crippen molar-refractivity contribution in [1.82, 2.24) is 0 Å². The summed E-state index contributed by atoms with van der Waals surface area (Å²) in [7, 11) is 0. The first-order valence-electron chi connectivity index (χ1n) is 8.32. The Bertz CT molecular complexity index is 575. The van der Waals surface area contributed by atoms with Crippen molar-refractivity contribution >= 4 is 17.3 Å². The van der Waals surface area contributed by atoms with Gasteiger partial charge in [-0.15, -0.1) is 11.6 Å². The predicted molar refractivity (Wildman–Crippen MR) is 104 cm³/mol. The molecule has 0 aliphatic carbocycles. The van der Waals surface area contributed by atoms with Crippen molar-refractivity contribution in [3.8, 4) is 0 Å². The van der Waals surface area contributed by atoms with E-state index in [4.69, 9.17) is 11.6 Å². The summed E-state index contributed by atoms with van der Waals surface area (Å²) in [5, 5.41) is 3.40. The minimum atomic E-state index is 0.657. The Kier molecular flexibility index (Phi) is 9.90. The van der Waals surface area contributed by atoms with E-state index in [0.29, 0.717) is 5.88 Å². The van der Waals surface area contributed by atoms with E-state index in [1.54, 1.807) is 0 Å². The van der Waals surface area contributed by atoms with E-state index < -0.39 is 0 Å². The van der Waals surface area contributed by atoms with E-state index in [0.717, 1.165) is 24.9 Å². The monoisotopic (exact) mass is 329 g/mol. The molecule has 0 saturated carbocycles. The van der Waals surface area contributed by atoms with Gasteiger partial charge in [-0.3, -0.25) is 0 Å². The number of aryl methyl sites for hydroxylation is 2. The molecule has 1 N–H and O–H groups in total. The molecule has 0 amide bonds. The normalized spacial score (nSPS) is 10.7. The third kappa shape index (κ3) is 8.47. The lowest BCUT2D eigenvalue weighted by Crippen LogP contribution is -2.00. The summed E-state index contributed by atoms with van der Waals surface area (Å²) < 4.78 is 0. The third-order valence-corrected chi connectivity index (χ3v) is 3.58. The number of allylic oxidation sites excluding steroid dienone is 2. The number of rotatable bonds is 6. The van der Waals surface area contributed by atoms with Gasteiger partial charge in [-0.1, -0.05) is 62.4 Å². The van der Waals surface area contributed by atoms with Crippen molar-refractivity contribution < 1.29 is 0 Å². The van der Waals surface area contributed by atoms with E-state index in [9.17, 15) is 0 Å². The molecule has 0 heterocycles. The summed E-state index contributed by atoms with van der Waals surface area (Å²) >= 11 is 5.75. The first-order valence-corrected chi connectivity index (χ1v) is 8.85. The molecule has 0 aliphatic heterocycles. The molecule has 0 aliphatic rings. The molecule has 2 rings (SSSR count). The van der Waals surface area contributed by atoms with Crippen molar-refractivity contribution in [3.63, 3.8) is 0 Å². The summed E-state index contributed by atoms with van der Waals surface area (Å²) in [5.74, 6) is 0.657. The van der Waals surface area contributed by atoms with Gasteiger partial charge in [-0.05, 0) is 43.0 Å². The average Bonchev–Trinajstić information content (AvgIpc) is 2.57. The average molecular weight is 330 g/mol. The third-order valence-electron chi connectivity index (χ3n) is 3.39. The number of benzene rings is 2. The molecule has 0 spiro atoms. The van der Waals surface area contributed by atoms with Gasteiger partial charge in [0.2, 0.25) is 0 Å². The molecule has 0 radical (unpaired) electrons. The summed E-state index contributed by atoms with van der Waals surface area (Å²) in [5.41, 5.74) is 5.02. The second-order valence-electron chi connectivity index (χ2n) is 5.41. The molecular weight excluding hydrogens is 302 g/mol. The second-order valence-corrected chi connectivity index (χ2v) is 5.79. The Morgan fingerprint density at radius 1 is 1.04 bits per heavy atom. The first kappa shape index (κ1) is 19.3. The van der Waals surface area contributed by atoms with Crippen LogP contribution in [0.25, 0.3) is 0 Å². The van der Waals surface area contributed by atoms with Gasteiger partial charge < -0.3 is 5.32 Å². The standard InChI is InChI=1S/C13H18ClN.C8H10/c1-3-5-12(8-9-14)15-13-7-4-6-11(2)10-13;1-2-8-6-4-3-5-7-8/h4-7,10,15H,3,8-9H2,1-2H3;3-7H,2H2,1H3/b12-5+;. The summed E-state index contributed by atoms with van der Waals surface area (Å²) in [6.07, 6.45) is 5.25. The molecule has 124 valence electrons. The highest BCUT2D eigenvalue weighted by Gasteiger charge is 1.97. The van der Waals surface area contributed by atoms with Crippen molar-refractivity contribution in [1.29, 1.82) is 0 Å². The Morgan fingerprint density at radius 3 is 2.30 bits per heavy atom. The fourth-order valence-electron chi connectivity index (χ4n) is 2.19. The lowest BCUT2D eigenvalue weighted by molar-refractivity contribution is 1.07. The fraction of sp³-hybridized carbons (Fsp3) is 0.333. The van der Waals surface area contributed by atoms with Crippen molar-refractivity contribution in [3.05, 3.63) is 77.5 Å². The van der Waals surface area contributed by atoms with Crippen LogP contribution in [0, 0.1) is 6.92 Å². The molecule has 0 aromatic heterocycles. The minimum absolute atomic E-state index is 0.657. The van der Waals surface area contributed by atoms with Crippen molar-refractivity contribution in [2.24, 2.45) is 0 Å². The first-order chi connectivity index (χ1) is 11.2. The maximum Gasteiger partial charge on any atom is 0.0384 e. The van der Waals surface area contributed by atoms with Gasteiger partial charge in [0, 0.05) is 23.7 Å². The highest BCUT2D eigenvalue weighted by atomic mass is 35.5. The van der Waals surface area contributed by atoms with Crippen LogP contribution in [0.15, 0.2) is 66.4 Å². The molecule has 1 nitrogen and oxygen atoms in total. The largest absolute Gasteiger partial charge is 0.359 e. The predicted octanol–water partition coefficient (Wildman–Crippen LogP) is 6.58. The summed E-state index contributed by atoms with van der Waals surface area (Å²) in [6.45, 7) is 6.39. The molecule has 23 heavy (non-hydrogen) atoms. The number of anilines is 1. The van der Waals surface area contributed by atoms with E-state index in [1.807, 2.05) is 6.07 Å². The summed E-state index contributed by atoms with van der Waals surface area (Å²) in [4.78, 5) is 0. The number of hydrogen-bond acceptors (Lipinski definition) is 1. The van der Waals surface area contributed by atoms with Crippen LogP contribution in [0.1, 0.15) is 37.8 Å². The Labute approximate surface area is 146 Å². The van der Waals surface area contributed by atoms with Crippen LogP contribution in [-0.4, -0.2) is 5.88 Å². The Balaban J connectivity index is 0.000000277. The highest BCUT2D eigenvalue weighted by molar-refractivity contribution is 6.18. The van der Waals surface area contributed by atoms with Gasteiger partial charge in [0.25, 0.3) is 0 Å². The highest BCUT2D eigenvalue weighted by Crippen LogP contribution is 2.14. The van der Waals surface area contributed by atoms with Gasteiger partial charge in [-0.25, -0.2) is 0 Å². The quantitative estimate of drug-likeness (QED) is 0.590. The smallest absolute Gasteiger partial charge is 0.0384 e. The van der Waals surface area contributed by atoms with Gasteiger partial charge in [0.1, 0.15) is 0 Å². The van der Waals surface area contributed by atoms with E-state index in [2.05, 4.69) is 80.7 Å². The zero-order valence-corrected chi connectivity index (χ0v) is 15.2. The molecule has 2 heteroatoms. The molecule has 0 bridgehead atoms. The minimum Gasteiger partial charge on any atom is -0.359 e. The topological polar surface area (TPSA) is 12.0 Å². The summed E-state index contributed by atoms with van der Waals surface area (Å²) in [6, 6.07) is 18.8. The van der Waals surface area contributed by atoms with E-state index >= 15 is 0 Å². The molecule has 0 fully saturated rings. The van der Waals surface area contributed by atoms with E-state index in [-0.39, 0.29) is 0 Å². The maximum absolute atomic E-state index is 5.75. The number of alkyl halides is 1. The zero-order valence-electron chi connectivity index (χ0n) is 14.5. The number of halogens is 1. The van der Waals surface area contributed by atoms with Gasteiger partial charge >= 0.3 is 0 Å². The van der Waals surface area contributed by atoms with Gasteiger partial charge in [0.05, 0.1) is 0 Å². The Hall–Kier alpha value is -1.73. The fourth-order valence-corrected chi connectivity index (χ4v) is 2.39. The maximum atomic E-state index is 5.75. The van der Waals surface area contributed by atoms with Crippen LogP contribution in [0.5, 0.6) is 0 Å². The van der Waals surface area contributed by atoms with E-state index in [1.165, 1.54) is 16.8 Å². The molecule has 0 saturated heterocycles. The molecule has 2 aromatic rings. The molecular formula is C21H28ClN. The van der Waals surface area contributed by atoms with Crippen LogP contribution in [0.4, 0.5) is 5.69 Å². The lowest BCUT2D eigenvalue weighted by Gasteiger charge is -2.10. The van der Waals surface area contributed by atoms with Crippen LogP contribution >= 0.6 is 11.6 Å². The van der Waals surface area contributed by atoms with Gasteiger partial charge in [0.15, 0.2) is 0 Å². The second kappa shape index (κ2) is 11.8. The zero-order chi connectivity index (χ0) is 16.9. The lowest BCUT2D eigenvalue weighted by atomic mass is 10.2. The molecule has 2 aromatic carbocycles. The van der Waals surface area contributed by atoms with Crippen LogP contribution in [0.3, 0.4) is 0 Å². The van der Waals surface area contributed by atoms with Crippen LogP contribution in [0.2, 0.25) is 0 Å². The Morgan fingerprint density at radius 2 is 1.78 bits per heavy atom. The van der Waals surface area contributed by atoms with Crippen LogP contribution < -0.4 is 5.32 Å². The SMILES string of the molecule is CC/C=C(\CCCl)Nc1cccc(C)c1.CCc1ccccc1. The molecule has 0 unspecified atom stereocenters. The molecule has 0 atom stereocenters. The van der Waals surface area contributed by atoms with Crippen molar-refractivity contribution in [2.75, 3.05) is 11.2 Å². The van der Waals surface area contributed by atoms with Crippen molar-refractivity contribution in [2.45, 2.75) is 40.0 Å². The van der Waals surface area contributed by atoms with Crippen LogP contribution in [-0.2, 0) is 6.42 Å². The number of hydrogen-bond donors (Lipinski definition) is 1. The van der Waals surface area contributed by atoms with Gasteiger partial charge in [-0.2, -0.15) is 0 Å². The number of nitrogens with one attached hydrogen (secondary N) is 1.